The zero-order chi connectivity index (χ0) is 35.9. The Labute approximate surface area is 294 Å². The Morgan fingerprint density at radius 1 is 0.680 bits per heavy atom. The van der Waals surface area contributed by atoms with Crippen molar-refractivity contribution in [2.24, 2.45) is 5.41 Å². The number of hydrogen-bond donors (Lipinski definition) is 6. The van der Waals surface area contributed by atoms with Gasteiger partial charge in [-0.3, -0.25) is 14.9 Å². The monoisotopic (exact) mass is 680 g/mol. The van der Waals surface area contributed by atoms with Crippen LogP contribution in [0, 0.1) is 5.41 Å². The van der Waals surface area contributed by atoms with E-state index < -0.39 is 53.6 Å². The van der Waals surface area contributed by atoms with Gasteiger partial charge >= 0.3 is 6.09 Å². The van der Waals surface area contributed by atoms with Crippen molar-refractivity contribution in [3.05, 3.63) is 144 Å². The summed E-state index contributed by atoms with van der Waals surface area (Å²) < 4.78 is 5.42. The minimum atomic E-state index is -1.44. The van der Waals surface area contributed by atoms with Gasteiger partial charge in [-0.1, -0.05) is 142 Å². The van der Waals surface area contributed by atoms with Crippen LogP contribution in [0.1, 0.15) is 49.1 Å². The molecule has 0 bridgehead atoms. The standard InChI is InChI=1S/C40H48N4O6/c1-40(2,3)36(44-39(49)50-27-30-20-12-6-13-21-30)38(48)42-32(24-28-16-8-4-9-17-28)35(46)34(41-25-29-18-10-5-11-19-29)37(47)43-33(26-45)31-22-14-7-15-23-31/h4-23,32-36,41,45-46H,24-27H2,1-3H3,(H,42,48)(H,43,47)(H,44,49)/t32-,33?,34+,35+,36+/m0/s1. The van der Waals surface area contributed by atoms with Crippen molar-refractivity contribution in [3.8, 4) is 0 Å². The number of ether oxygens (including phenoxy) is 1. The predicted molar refractivity (Wildman–Crippen MR) is 193 cm³/mol. The molecule has 5 atom stereocenters. The van der Waals surface area contributed by atoms with Crippen molar-refractivity contribution in [1.82, 2.24) is 21.3 Å². The number of alkyl carbamates (subject to hydrolysis) is 1. The highest BCUT2D eigenvalue weighted by molar-refractivity contribution is 5.87. The second kappa shape index (κ2) is 18.7. The number of benzene rings is 4. The van der Waals surface area contributed by atoms with Gasteiger partial charge in [-0.15, -0.1) is 0 Å². The average molecular weight is 681 g/mol. The number of aliphatic hydroxyl groups is 2. The van der Waals surface area contributed by atoms with Crippen molar-refractivity contribution >= 4 is 17.9 Å². The summed E-state index contributed by atoms with van der Waals surface area (Å²) in [5, 5.41) is 34.0. The molecule has 264 valence electrons. The Bertz CT molecular complexity index is 1620. The highest BCUT2D eigenvalue weighted by atomic mass is 16.5. The van der Waals surface area contributed by atoms with E-state index in [0.717, 1.165) is 16.7 Å². The van der Waals surface area contributed by atoms with Crippen LogP contribution in [-0.4, -0.2) is 59.0 Å². The first kappa shape index (κ1) is 37.8. The van der Waals surface area contributed by atoms with Crippen molar-refractivity contribution < 1.29 is 29.3 Å². The molecule has 0 heterocycles. The van der Waals surface area contributed by atoms with Crippen molar-refractivity contribution in [1.29, 1.82) is 0 Å². The fourth-order valence-electron chi connectivity index (χ4n) is 5.55. The lowest BCUT2D eigenvalue weighted by atomic mass is 9.85. The number of rotatable bonds is 16. The molecule has 50 heavy (non-hydrogen) atoms. The maximum Gasteiger partial charge on any atom is 0.408 e. The van der Waals surface area contributed by atoms with Gasteiger partial charge in [-0.25, -0.2) is 4.79 Å². The number of hydrogen-bond acceptors (Lipinski definition) is 7. The molecule has 0 aromatic heterocycles. The topological polar surface area (TPSA) is 149 Å². The summed E-state index contributed by atoms with van der Waals surface area (Å²) in [6.07, 6.45) is -2.02. The molecule has 0 saturated heterocycles. The van der Waals surface area contributed by atoms with E-state index >= 15 is 0 Å². The van der Waals surface area contributed by atoms with Crippen LogP contribution >= 0.6 is 0 Å². The predicted octanol–water partition coefficient (Wildman–Crippen LogP) is 4.42. The second-order valence-electron chi connectivity index (χ2n) is 13.3. The fourth-order valence-corrected chi connectivity index (χ4v) is 5.55. The summed E-state index contributed by atoms with van der Waals surface area (Å²) in [5.74, 6) is -1.10. The van der Waals surface area contributed by atoms with E-state index in [2.05, 4.69) is 21.3 Å². The Balaban J connectivity index is 1.59. The molecule has 4 aromatic carbocycles. The molecule has 1 unspecified atom stereocenters. The molecule has 4 aromatic rings. The molecule has 10 nitrogen and oxygen atoms in total. The average Bonchev–Trinajstić information content (AvgIpc) is 3.12. The molecule has 0 aliphatic heterocycles. The van der Waals surface area contributed by atoms with Gasteiger partial charge in [0.1, 0.15) is 18.7 Å². The van der Waals surface area contributed by atoms with Gasteiger partial charge in [0.05, 0.1) is 24.8 Å². The van der Waals surface area contributed by atoms with E-state index in [4.69, 9.17) is 4.74 Å². The molecule has 0 radical (unpaired) electrons. The van der Waals surface area contributed by atoms with Gasteiger partial charge in [0.15, 0.2) is 0 Å². The normalized spacial score (nSPS) is 14.3. The lowest BCUT2D eigenvalue weighted by Gasteiger charge is -2.35. The van der Waals surface area contributed by atoms with E-state index in [1.807, 2.05) is 130 Å². The summed E-state index contributed by atoms with van der Waals surface area (Å²) in [4.78, 5) is 40.9. The van der Waals surface area contributed by atoms with Crippen LogP contribution in [0.2, 0.25) is 0 Å². The van der Waals surface area contributed by atoms with Gasteiger partial charge in [-0.2, -0.15) is 0 Å². The summed E-state index contributed by atoms with van der Waals surface area (Å²) in [6.45, 7) is 5.36. The first-order valence-corrected chi connectivity index (χ1v) is 16.8. The Morgan fingerprint density at radius 3 is 1.74 bits per heavy atom. The van der Waals surface area contributed by atoms with Gasteiger partial charge in [-0.05, 0) is 34.1 Å². The third kappa shape index (κ3) is 11.5. The zero-order valence-electron chi connectivity index (χ0n) is 28.8. The van der Waals surface area contributed by atoms with Gasteiger partial charge < -0.3 is 30.9 Å². The molecule has 6 N–H and O–H groups in total. The number of carbonyl (C=O) groups is 3. The highest BCUT2D eigenvalue weighted by Crippen LogP contribution is 2.21. The molecule has 0 fully saturated rings. The minimum absolute atomic E-state index is 0.0300. The van der Waals surface area contributed by atoms with Crippen LogP contribution < -0.4 is 21.3 Å². The van der Waals surface area contributed by atoms with Gasteiger partial charge in [0.25, 0.3) is 0 Å². The van der Waals surface area contributed by atoms with Crippen LogP contribution in [0.25, 0.3) is 0 Å². The largest absolute Gasteiger partial charge is 0.445 e. The number of amides is 3. The number of aliphatic hydroxyl groups excluding tert-OH is 2. The maximum absolute atomic E-state index is 14.0. The third-order valence-electron chi connectivity index (χ3n) is 8.34. The molecule has 0 aliphatic rings. The Kier molecular flexibility index (Phi) is 14.1. The molecule has 3 amide bonds. The SMILES string of the molecule is CC(C)(C)[C@H](NC(=O)OCc1ccccc1)C(=O)N[C@@H](Cc1ccccc1)[C@@H](O)[C@@H](NCc1ccccc1)C(=O)NC(CO)c1ccccc1. The van der Waals surface area contributed by atoms with Crippen LogP contribution in [0.4, 0.5) is 4.79 Å². The summed E-state index contributed by atoms with van der Waals surface area (Å²) in [5.41, 5.74) is 2.46. The molecule has 4 rings (SSSR count). The van der Waals surface area contributed by atoms with E-state index in [-0.39, 0.29) is 26.2 Å². The van der Waals surface area contributed by atoms with Crippen molar-refractivity contribution in [2.75, 3.05) is 6.61 Å². The van der Waals surface area contributed by atoms with Crippen LogP contribution in [0.5, 0.6) is 0 Å². The van der Waals surface area contributed by atoms with Crippen molar-refractivity contribution in [2.45, 2.75) is 70.6 Å². The Morgan fingerprint density at radius 2 is 1.20 bits per heavy atom. The van der Waals surface area contributed by atoms with Gasteiger partial charge in [0, 0.05) is 6.54 Å². The summed E-state index contributed by atoms with van der Waals surface area (Å²) in [6, 6.07) is 33.1. The van der Waals surface area contributed by atoms with Gasteiger partial charge in [0.2, 0.25) is 11.8 Å². The lowest BCUT2D eigenvalue weighted by Crippen LogP contribution is -2.62. The zero-order valence-corrected chi connectivity index (χ0v) is 28.8. The number of carbonyl (C=O) groups excluding carboxylic acids is 3. The summed E-state index contributed by atoms with van der Waals surface area (Å²) >= 11 is 0. The first-order chi connectivity index (χ1) is 24.0. The smallest absolute Gasteiger partial charge is 0.408 e. The lowest BCUT2D eigenvalue weighted by molar-refractivity contribution is -0.131. The minimum Gasteiger partial charge on any atom is -0.445 e. The molecular weight excluding hydrogens is 632 g/mol. The molecular formula is C40H48N4O6. The van der Waals surface area contributed by atoms with E-state index in [1.165, 1.54) is 0 Å². The van der Waals surface area contributed by atoms with Crippen molar-refractivity contribution in [3.63, 3.8) is 0 Å². The van der Waals surface area contributed by atoms with Crippen LogP contribution in [0.15, 0.2) is 121 Å². The highest BCUT2D eigenvalue weighted by Gasteiger charge is 2.39. The van der Waals surface area contributed by atoms with Crippen LogP contribution in [-0.2, 0) is 33.9 Å². The van der Waals surface area contributed by atoms with Crippen LogP contribution in [0.3, 0.4) is 0 Å². The molecule has 0 aliphatic carbocycles. The quantitative estimate of drug-likeness (QED) is 0.103. The molecule has 0 spiro atoms. The molecule has 0 saturated carbocycles. The molecule has 10 heteroatoms. The van der Waals surface area contributed by atoms with E-state index in [1.54, 1.807) is 12.1 Å². The number of nitrogens with one attached hydrogen (secondary N) is 4. The third-order valence-corrected chi connectivity index (χ3v) is 8.34. The fraction of sp³-hybridized carbons (Fsp3) is 0.325. The Hall–Kier alpha value is -5.03. The van der Waals surface area contributed by atoms with E-state index in [9.17, 15) is 24.6 Å². The maximum atomic E-state index is 14.0. The first-order valence-electron chi connectivity index (χ1n) is 16.8. The van der Waals surface area contributed by atoms with E-state index in [0.29, 0.717) is 5.56 Å². The second-order valence-corrected chi connectivity index (χ2v) is 13.3. The summed E-state index contributed by atoms with van der Waals surface area (Å²) in [7, 11) is 0.